The molecule has 0 amide bonds. The van der Waals surface area contributed by atoms with Gasteiger partial charge in [0.2, 0.25) is 5.76 Å². The average Bonchev–Trinajstić information content (AvgIpc) is 3.35. The molecule has 3 aromatic heterocycles. The van der Waals surface area contributed by atoms with Crippen LogP contribution in [0.3, 0.4) is 0 Å². The van der Waals surface area contributed by atoms with E-state index in [0.717, 1.165) is 26.4 Å². The van der Waals surface area contributed by atoms with Gasteiger partial charge in [0.15, 0.2) is 0 Å². The standard InChI is InChI=1S/C20H16N2O3S2/c1-2-24-20(23)16-9-8-14(25-16)10-26-18-17-15(13-6-4-3-5-7-13)11-27-19(17)22-12-21-18/h3-9,11-12H,2,10H2,1H3. The fourth-order valence-electron chi connectivity index (χ4n) is 2.69. The zero-order chi connectivity index (χ0) is 18.6. The van der Waals surface area contributed by atoms with Gasteiger partial charge in [-0.1, -0.05) is 42.1 Å². The molecule has 0 aliphatic carbocycles. The van der Waals surface area contributed by atoms with Crippen molar-refractivity contribution in [2.75, 3.05) is 6.61 Å². The first-order valence-corrected chi connectivity index (χ1v) is 10.3. The van der Waals surface area contributed by atoms with Gasteiger partial charge >= 0.3 is 5.97 Å². The van der Waals surface area contributed by atoms with Gasteiger partial charge in [0, 0.05) is 10.9 Å². The molecule has 27 heavy (non-hydrogen) atoms. The molecule has 0 radical (unpaired) electrons. The van der Waals surface area contributed by atoms with Gasteiger partial charge in [-0.05, 0) is 24.6 Å². The topological polar surface area (TPSA) is 65.2 Å². The molecule has 0 fully saturated rings. The maximum absolute atomic E-state index is 11.7. The van der Waals surface area contributed by atoms with Crippen molar-refractivity contribution in [1.29, 1.82) is 0 Å². The zero-order valence-electron chi connectivity index (χ0n) is 14.5. The summed E-state index contributed by atoms with van der Waals surface area (Å²) in [5.41, 5.74) is 2.27. The van der Waals surface area contributed by atoms with Crippen LogP contribution in [0.4, 0.5) is 0 Å². The normalized spacial score (nSPS) is 11.0. The Hall–Kier alpha value is -2.64. The molecule has 3 heterocycles. The van der Waals surface area contributed by atoms with Crippen molar-refractivity contribution >= 4 is 39.3 Å². The van der Waals surface area contributed by atoms with Gasteiger partial charge in [-0.3, -0.25) is 0 Å². The molecule has 0 saturated carbocycles. The Labute approximate surface area is 164 Å². The lowest BCUT2D eigenvalue weighted by Gasteiger charge is -2.04. The molecule has 0 N–H and O–H groups in total. The summed E-state index contributed by atoms with van der Waals surface area (Å²) in [6.07, 6.45) is 1.59. The molecule has 4 rings (SSSR count). The van der Waals surface area contributed by atoms with E-state index in [1.54, 1.807) is 48.5 Å². The van der Waals surface area contributed by atoms with Crippen molar-refractivity contribution < 1.29 is 13.9 Å². The highest BCUT2D eigenvalue weighted by atomic mass is 32.2. The molecular formula is C20H16N2O3S2. The first-order valence-electron chi connectivity index (χ1n) is 8.42. The number of furan rings is 1. The first kappa shape index (κ1) is 17.8. The lowest BCUT2D eigenvalue weighted by molar-refractivity contribution is 0.0488. The summed E-state index contributed by atoms with van der Waals surface area (Å²) in [6, 6.07) is 13.7. The number of thioether (sulfide) groups is 1. The fraction of sp³-hybridized carbons (Fsp3) is 0.150. The van der Waals surface area contributed by atoms with Crippen molar-refractivity contribution in [2.45, 2.75) is 17.7 Å². The van der Waals surface area contributed by atoms with Crippen LogP contribution in [0.15, 0.2) is 63.6 Å². The van der Waals surface area contributed by atoms with Crippen LogP contribution < -0.4 is 0 Å². The Morgan fingerprint density at radius 1 is 1.19 bits per heavy atom. The van der Waals surface area contributed by atoms with Gasteiger partial charge in [-0.15, -0.1) is 11.3 Å². The van der Waals surface area contributed by atoms with Crippen molar-refractivity contribution in [3.8, 4) is 11.1 Å². The zero-order valence-corrected chi connectivity index (χ0v) is 16.2. The number of hydrogen-bond donors (Lipinski definition) is 0. The van der Waals surface area contributed by atoms with Crippen LogP contribution in [0.2, 0.25) is 0 Å². The minimum absolute atomic E-state index is 0.223. The molecular weight excluding hydrogens is 380 g/mol. The summed E-state index contributed by atoms with van der Waals surface area (Å²) in [7, 11) is 0. The molecule has 0 spiro atoms. The molecule has 1 aromatic carbocycles. The molecule has 7 heteroatoms. The number of hydrogen-bond acceptors (Lipinski definition) is 7. The summed E-state index contributed by atoms with van der Waals surface area (Å²) >= 11 is 3.17. The van der Waals surface area contributed by atoms with Crippen molar-refractivity contribution in [1.82, 2.24) is 9.97 Å². The third-order valence-corrected chi connectivity index (χ3v) is 5.81. The van der Waals surface area contributed by atoms with E-state index in [2.05, 4.69) is 27.5 Å². The highest BCUT2D eigenvalue weighted by Crippen LogP contribution is 2.38. The van der Waals surface area contributed by atoms with E-state index >= 15 is 0 Å². The van der Waals surface area contributed by atoms with Crippen LogP contribution in [0.1, 0.15) is 23.2 Å². The molecule has 0 bridgehead atoms. The summed E-state index contributed by atoms with van der Waals surface area (Å²) in [4.78, 5) is 21.6. The molecule has 4 aromatic rings. The van der Waals surface area contributed by atoms with E-state index in [1.165, 1.54) is 0 Å². The largest absolute Gasteiger partial charge is 0.460 e. The van der Waals surface area contributed by atoms with Crippen LogP contribution in [-0.2, 0) is 10.5 Å². The molecule has 136 valence electrons. The van der Waals surface area contributed by atoms with Gasteiger partial charge < -0.3 is 9.15 Å². The fourth-order valence-corrected chi connectivity index (χ4v) is 4.58. The van der Waals surface area contributed by atoms with Crippen molar-refractivity contribution in [3.05, 3.63) is 65.7 Å². The predicted molar refractivity (Wildman–Crippen MR) is 107 cm³/mol. The minimum Gasteiger partial charge on any atom is -0.460 e. The number of ether oxygens (including phenoxy) is 1. The number of aromatic nitrogens is 2. The number of nitrogens with zero attached hydrogens (tertiary/aromatic N) is 2. The Balaban J connectivity index is 1.59. The smallest absolute Gasteiger partial charge is 0.374 e. The Bertz CT molecular complexity index is 1070. The average molecular weight is 396 g/mol. The summed E-state index contributed by atoms with van der Waals surface area (Å²) in [6.45, 7) is 2.09. The second kappa shape index (κ2) is 7.94. The molecule has 0 saturated heterocycles. The van der Waals surface area contributed by atoms with E-state index in [1.807, 2.05) is 18.2 Å². The maximum atomic E-state index is 11.7. The molecule has 0 unspecified atom stereocenters. The van der Waals surface area contributed by atoms with Gasteiger partial charge in [-0.2, -0.15) is 0 Å². The number of rotatable bonds is 6. The SMILES string of the molecule is CCOC(=O)c1ccc(CSc2ncnc3scc(-c4ccccc4)c23)o1. The summed E-state index contributed by atoms with van der Waals surface area (Å²) < 4.78 is 10.5. The monoisotopic (exact) mass is 396 g/mol. The van der Waals surface area contributed by atoms with Crippen LogP contribution in [0.5, 0.6) is 0 Å². The minimum atomic E-state index is -0.442. The number of benzene rings is 1. The van der Waals surface area contributed by atoms with Crippen LogP contribution in [-0.4, -0.2) is 22.5 Å². The highest BCUT2D eigenvalue weighted by molar-refractivity contribution is 7.98. The number of carbonyl (C=O) groups excluding carboxylic acids is 1. The number of esters is 1. The Kier molecular flexibility index (Phi) is 5.22. The predicted octanol–water partition coefficient (Wildman–Crippen LogP) is 5.42. The third kappa shape index (κ3) is 3.74. The van der Waals surface area contributed by atoms with E-state index in [4.69, 9.17) is 9.15 Å². The molecule has 5 nitrogen and oxygen atoms in total. The van der Waals surface area contributed by atoms with Crippen LogP contribution in [0, 0.1) is 0 Å². The van der Waals surface area contributed by atoms with E-state index in [-0.39, 0.29) is 5.76 Å². The Morgan fingerprint density at radius 2 is 2.04 bits per heavy atom. The van der Waals surface area contributed by atoms with Crippen molar-refractivity contribution in [2.24, 2.45) is 0 Å². The van der Waals surface area contributed by atoms with Crippen molar-refractivity contribution in [3.63, 3.8) is 0 Å². The van der Waals surface area contributed by atoms with E-state index in [0.29, 0.717) is 18.1 Å². The molecule has 0 atom stereocenters. The molecule has 0 aliphatic rings. The number of fused-ring (bicyclic) bond motifs is 1. The van der Waals surface area contributed by atoms with Gasteiger partial charge in [0.1, 0.15) is 21.9 Å². The quantitative estimate of drug-likeness (QED) is 0.246. The summed E-state index contributed by atoms with van der Waals surface area (Å²) in [5, 5.41) is 4.06. The number of thiophene rings is 1. The van der Waals surface area contributed by atoms with Crippen LogP contribution in [0.25, 0.3) is 21.3 Å². The summed E-state index contributed by atoms with van der Waals surface area (Å²) in [5.74, 6) is 1.05. The number of carbonyl (C=O) groups is 1. The van der Waals surface area contributed by atoms with Gasteiger partial charge in [-0.25, -0.2) is 14.8 Å². The second-order valence-electron chi connectivity index (χ2n) is 5.65. The third-order valence-electron chi connectivity index (χ3n) is 3.91. The maximum Gasteiger partial charge on any atom is 0.374 e. The lowest BCUT2D eigenvalue weighted by atomic mass is 10.1. The van der Waals surface area contributed by atoms with Gasteiger partial charge in [0.05, 0.1) is 17.7 Å². The van der Waals surface area contributed by atoms with Crippen LogP contribution >= 0.6 is 23.1 Å². The second-order valence-corrected chi connectivity index (χ2v) is 7.47. The first-order chi connectivity index (χ1) is 13.3. The van der Waals surface area contributed by atoms with E-state index in [9.17, 15) is 4.79 Å². The molecule has 0 aliphatic heterocycles. The lowest BCUT2D eigenvalue weighted by Crippen LogP contribution is -2.02. The highest BCUT2D eigenvalue weighted by Gasteiger charge is 2.15. The van der Waals surface area contributed by atoms with E-state index < -0.39 is 5.97 Å². The Morgan fingerprint density at radius 3 is 2.85 bits per heavy atom. The van der Waals surface area contributed by atoms with Gasteiger partial charge in [0.25, 0.3) is 0 Å².